The second-order valence-corrected chi connectivity index (χ2v) is 3.70. The maximum atomic E-state index is 4.19. The zero-order valence-corrected chi connectivity index (χ0v) is 8.50. The highest BCUT2D eigenvalue weighted by atomic mass is 79.9. The largest absolute Gasteiger partial charge is 0.142 e. The lowest BCUT2D eigenvalue weighted by Crippen LogP contribution is -1.69. The zero-order chi connectivity index (χ0) is 6.85. The van der Waals surface area contributed by atoms with Crippen LogP contribution in [0.3, 0.4) is 0 Å². The summed E-state index contributed by atoms with van der Waals surface area (Å²) in [5.41, 5.74) is 0. The summed E-state index contributed by atoms with van der Waals surface area (Å²) in [5.74, 6) is 0. The third-order valence-electron chi connectivity index (χ3n) is 0.931. The van der Waals surface area contributed by atoms with Crippen LogP contribution in [0.1, 0.15) is 0 Å². The van der Waals surface area contributed by atoms with Gasteiger partial charge in [0.25, 0.3) is 0 Å². The summed E-state index contributed by atoms with van der Waals surface area (Å²) in [6.07, 6.45) is 0. The first kappa shape index (κ1) is 7.63. The van der Waals surface area contributed by atoms with Crippen molar-refractivity contribution in [3.8, 4) is 0 Å². The summed E-state index contributed by atoms with van der Waals surface area (Å²) >= 11 is 10.9. The molecule has 0 radical (unpaired) electrons. The topological polar surface area (TPSA) is 0 Å². The van der Waals surface area contributed by atoms with Gasteiger partial charge in [-0.15, -0.1) is 12.6 Å². The van der Waals surface area contributed by atoms with Gasteiger partial charge in [0.2, 0.25) is 0 Å². The van der Waals surface area contributed by atoms with Crippen molar-refractivity contribution >= 4 is 44.5 Å². The van der Waals surface area contributed by atoms with E-state index in [1.807, 2.05) is 18.2 Å². The van der Waals surface area contributed by atoms with Crippen LogP contribution in [0.25, 0.3) is 0 Å². The first-order valence-electron chi connectivity index (χ1n) is 2.35. The molecule has 0 N–H and O–H groups in total. The van der Waals surface area contributed by atoms with Gasteiger partial charge in [0, 0.05) is 13.8 Å². The molecule has 0 aliphatic heterocycles. The van der Waals surface area contributed by atoms with Crippen molar-refractivity contribution in [3.05, 3.63) is 27.1 Å². The highest BCUT2D eigenvalue weighted by Crippen LogP contribution is 2.28. The maximum absolute atomic E-state index is 4.19. The van der Waals surface area contributed by atoms with Gasteiger partial charge in [0.15, 0.2) is 0 Å². The summed E-state index contributed by atoms with van der Waals surface area (Å²) in [6, 6.07) is 5.83. The molecule has 0 unspecified atom stereocenters. The minimum absolute atomic E-state index is 0.948. The molecule has 0 fully saturated rings. The molecular weight excluding hydrogens is 264 g/mol. The minimum atomic E-state index is 0.948. The van der Waals surface area contributed by atoms with Gasteiger partial charge in [-0.2, -0.15) is 0 Å². The van der Waals surface area contributed by atoms with E-state index in [1.165, 1.54) is 0 Å². The summed E-state index contributed by atoms with van der Waals surface area (Å²) in [5, 5.41) is 0. The van der Waals surface area contributed by atoms with Crippen LogP contribution in [0.2, 0.25) is 0 Å². The Morgan fingerprint density at radius 1 is 1.22 bits per heavy atom. The molecule has 0 atom stereocenters. The van der Waals surface area contributed by atoms with Crippen molar-refractivity contribution in [1.82, 2.24) is 0 Å². The van der Waals surface area contributed by atoms with E-state index in [0.717, 1.165) is 13.8 Å². The molecule has 0 aliphatic rings. The quantitative estimate of drug-likeness (QED) is 0.684. The Bertz CT molecular complexity index is 202. The van der Waals surface area contributed by atoms with Gasteiger partial charge in [-0.25, -0.2) is 0 Å². The van der Waals surface area contributed by atoms with E-state index in [1.54, 1.807) is 0 Å². The third-order valence-corrected chi connectivity index (χ3v) is 3.66. The minimum Gasteiger partial charge on any atom is -0.142 e. The smallest absolute Gasteiger partial charge is 0.0450 e. The monoisotopic (exact) mass is 266 g/mol. The highest BCUT2D eigenvalue weighted by Gasteiger charge is 1.96. The Hall–Kier alpha value is 0.530. The predicted octanol–water partition coefficient (Wildman–Crippen LogP) is 3.50. The van der Waals surface area contributed by atoms with Crippen molar-refractivity contribution in [2.24, 2.45) is 0 Å². The molecule has 48 valence electrons. The molecule has 3 heteroatoms. The number of benzene rings is 1. The lowest BCUT2D eigenvalue weighted by molar-refractivity contribution is 1.39. The van der Waals surface area contributed by atoms with Crippen LogP contribution in [-0.2, 0) is 0 Å². The van der Waals surface area contributed by atoms with E-state index in [-0.39, 0.29) is 0 Å². The Morgan fingerprint density at radius 2 is 1.89 bits per heavy atom. The van der Waals surface area contributed by atoms with Gasteiger partial charge < -0.3 is 0 Å². The van der Waals surface area contributed by atoms with Gasteiger partial charge in [0.1, 0.15) is 0 Å². The highest BCUT2D eigenvalue weighted by molar-refractivity contribution is 9.13. The van der Waals surface area contributed by atoms with E-state index in [9.17, 15) is 0 Å². The SMILES string of the molecule is Sc1cccc(Br)c1Br. The van der Waals surface area contributed by atoms with Crippen LogP contribution >= 0.6 is 44.5 Å². The van der Waals surface area contributed by atoms with Crippen LogP contribution in [-0.4, -0.2) is 0 Å². The average Bonchev–Trinajstić information content (AvgIpc) is 1.83. The van der Waals surface area contributed by atoms with E-state index in [2.05, 4.69) is 44.5 Å². The van der Waals surface area contributed by atoms with Gasteiger partial charge in [0.05, 0.1) is 0 Å². The molecule has 9 heavy (non-hydrogen) atoms. The van der Waals surface area contributed by atoms with Crippen molar-refractivity contribution in [2.45, 2.75) is 4.90 Å². The molecule has 0 saturated heterocycles. The lowest BCUT2D eigenvalue weighted by Gasteiger charge is -1.96. The molecule has 0 spiro atoms. The fourth-order valence-corrected chi connectivity index (χ4v) is 1.48. The first-order valence-corrected chi connectivity index (χ1v) is 4.38. The molecule has 0 saturated carbocycles. The fourth-order valence-electron chi connectivity index (χ4n) is 0.492. The summed E-state index contributed by atoms with van der Waals surface area (Å²) in [4.78, 5) is 0.948. The van der Waals surface area contributed by atoms with Crippen molar-refractivity contribution in [3.63, 3.8) is 0 Å². The molecule has 1 rings (SSSR count). The molecule has 1 aromatic carbocycles. The van der Waals surface area contributed by atoms with E-state index < -0.39 is 0 Å². The molecule has 1 aromatic rings. The van der Waals surface area contributed by atoms with E-state index in [4.69, 9.17) is 0 Å². The Balaban J connectivity index is 3.25. The number of rotatable bonds is 0. The second-order valence-electron chi connectivity index (χ2n) is 1.57. The number of thiol groups is 1. The Labute approximate surface area is 76.3 Å². The first-order chi connectivity index (χ1) is 4.22. The molecule has 0 nitrogen and oxygen atoms in total. The van der Waals surface area contributed by atoms with Crippen molar-refractivity contribution in [1.29, 1.82) is 0 Å². The Kier molecular flexibility index (Phi) is 2.61. The summed E-state index contributed by atoms with van der Waals surface area (Å²) in [7, 11) is 0. The van der Waals surface area contributed by atoms with Crippen LogP contribution in [0.4, 0.5) is 0 Å². The molecule has 0 heterocycles. The second kappa shape index (κ2) is 3.08. The van der Waals surface area contributed by atoms with Crippen molar-refractivity contribution in [2.75, 3.05) is 0 Å². The zero-order valence-electron chi connectivity index (χ0n) is 4.44. The Morgan fingerprint density at radius 3 is 2.33 bits per heavy atom. The van der Waals surface area contributed by atoms with Crippen LogP contribution < -0.4 is 0 Å². The molecule has 0 aromatic heterocycles. The fraction of sp³-hybridized carbons (Fsp3) is 0. The third kappa shape index (κ3) is 1.72. The van der Waals surface area contributed by atoms with Gasteiger partial charge >= 0.3 is 0 Å². The van der Waals surface area contributed by atoms with Crippen LogP contribution in [0.5, 0.6) is 0 Å². The molecule has 0 aliphatic carbocycles. The van der Waals surface area contributed by atoms with Crippen LogP contribution in [0, 0.1) is 0 Å². The lowest BCUT2D eigenvalue weighted by atomic mass is 10.4. The number of hydrogen-bond donors (Lipinski definition) is 1. The van der Waals surface area contributed by atoms with Gasteiger partial charge in [-0.05, 0) is 44.0 Å². The number of hydrogen-bond acceptors (Lipinski definition) is 1. The normalized spacial score (nSPS) is 9.67. The molecule has 0 bridgehead atoms. The predicted molar refractivity (Wildman–Crippen MR) is 49.1 cm³/mol. The van der Waals surface area contributed by atoms with E-state index in [0.29, 0.717) is 0 Å². The van der Waals surface area contributed by atoms with Crippen LogP contribution in [0.15, 0.2) is 32.0 Å². The molecule has 0 amide bonds. The maximum Gasteiger partial charge on any atom is 0.0450 e. The standard InChI is InChI=1S/C6H4Br2S/c7-4-2-1-3-5(9)6(4)8/h1-3,9H. The summed E-state index contributed by atoms with van der Waals surface area (Å²) in [6.45, 7) is 0. The molecular formula is C6H4Br2S. The van der Waals surface area contributed by atoms with Crippen molar-refractivity contribution < 1.29 is 0 Å². The average molecular weight is 268 g/mol. The van der Waals surface area contributed by atoms with E-state index >= 15 is 0 Å². The summed E-state index contributed by atoms with van der Waals surface area (Å²) < 4.78 is 2.04. The van der Waals surface area contributed by atoms with Gasteiger partial charge in [-0.1, -0.05) is 6.07 Å². The number of halogens is 2. The van der Waals surface area contributed by atoms with Gasteiger partial charge in [-0.3, -0.25) is 0 Å².